The number of hydrogen-bond donors (Lipinski definition) is 1. The SMILES string of the molecule is O=C(NCCc1ccc([N+](=O)[O-])cc1)c1cncc(Br)c1. The van der Waals surface area contributed by atoms with Crippen LogP contribution in [0.2, 0.25) is 0 Å². The number of nitro benzene ring substituents is 1. The summed E-state index contributed by atoms with van der Waals surface area (Å²) < 4.78 is 0.741. The molecule has 0 spiro atoms. The zero-order chi connectivity index (χ0) is 15.2. The summed E-state index contributed by atoms with van der Waals surface area (Å²) in [6.45, 7) is 0.448. The highest BCUT2D eigenvalue weighted by Gasteiger charge is 2.07. The predicted molar refractivity (Wildman–Crippen MR) is 81.1 cm³/mol. The summed E-state index contributed by atoms with van der Waals surface area (Å²) in [5.74, 6) is -0.203. The largest absolute Gasteiger partial charge is 0.352 e. The minimum atomic E-state index is -0.439. The molecule has 0 fully saturated rings. The second-order valence-corrected chi connectivity index (χ2v) is 5.24. The van der Waals surface area contributed by atoms with E-state index in [1.165, 1.54) is 18.3 Å². The van der Waals surface area contributed by atoms with E-state index in [1.807, 2.05) is 0 Å². The lowest BCUT2D eigenvalue weighted by atomic mass is 10.1. The van der Waals surface area contributed by atoms with E-state index in [1.54, 1.807) is 24.4 Å². The molecule has 0 radical (unpaired) electrons. The number of nitrogens with zero attached hydrogens (tertiary/aromatic N) is 2. The minimum Gasteiger partial charge on any atom is -0.352 e. The molecule has 1 aromatic carbocycles. The van der Waals surface area contributed by atoms with Gasteiger partial charge in [-0.1, -0.05) is 12.1 Å². The van der Waals surface area contributed by atoms with Gasteiger partial charge in [0, 0.05) is 35.5 Å². The van der Waals surface area contributed by atoms with Gasteiger partial charge in [-0.2, -0.15) is 0 Å². The second kappa shape index (κ2) is 6.94. The van der Waals surface area contributed by atoms with Gasteiger partial charge in [0.1, 0.15) is 0 Å². The Morgan fingerprint density at radius 2 is 2.00 bits per heavy atom. The Kier molecular flexibility index (Phi) is 4.99. The fraction of sp³-hybridized carbons (Fsp3) is 0.143. The molecular weight excluding hydrogens is 338 g/mol. The molecule has 0 atom stereocenters. The first-order chi connectivity index (χ1) is 10.1. The summed E-state index contributed by atoms with van der Waals surface area (Å²) in [6.07, 6.45) is 3.70. The van der Waals surface area contributed by atoms with E-state index in [-0.39, 0.29) is 11.6 Å². The van der Waals surface area contributed by atoms with Crippen LogP contribution in [-0.2, 0) is 6.42 Å². The Balaban J connectivity index is 1.86. The maximum Gasteiger partial charge on any atom is 0.269 e. The molecule has 1 N–H and O–H groups in total. The quantitative estimate of drug-likeness (QED) is 0.664. The molecule has 0 aliphatic rings. The molecule has 0 saturated heterocycles. The van der Waals surface area contributed by atoms with Crippen LogP contribution in [0.15, 0.2) is 47.2 Å². The molecule has 21 heavy (non-hydrogen) atoms. The summed E-state index contributed by atoms with van der Waals surface area (Å²) in [4.78, 5) is 25.9. The average molecular weight is 350 g/mol. The summed E-state index contributed by atoms with van der Waals surface area (Å²) in [6, 6.07) is 7.97. The van der Waals surface area contributed by atoms with Crippen molar-refractivity contribution < 1.29 is 9.72 Å². The number of non-ortho nitro benzene ring substituents is 1. The van der Waals surface area contributed by atoms with Gasteiger partial charge >= 0.3 is 0 Å². The van der Waals surface area contributed by atoms with E-state index in [4.69, 9.17) is 0 Å². The van der Waals surface area contributed by atoms with Gasteiger partial charge in [0.05, 0.1) is 10.5 Å². The third kappa shape index (κ3) is 4.35. The lowest BCUT2D eigenvalue weighted by Gasteiger charge is -2.05. The van der Waals surface area contributed by atoms with Crippen LogP contribution in [0.3, 0.4) is 0 Å². The zero-order valence-electron chi connectivity index (χ0n) is 11.0. The average Bonchev–Trinajstić information content (AvgIpc) is 2.47. The summed E-state index contributed by atoms with van der Waals surface area (Å²) in [5, 5.41) is 13.3. The van der Waals surface area contributed by atoms with E-state index < -0.39 is 4.92 Å². The van der Waals surface area contributed by atoms with E-state index in [0.717, 1.165) is 10.0 Å². The van der Waals surface area contributed by atoms with Crippen molar-refractivity contribution in [1.29, 1.82) is 0 Å². The monoisotopic (exact) mass is 349 g/mol. The number of aromatic nitrogens is 1. The number of benzene rings is 1. The molecule has 6 nitrogen and oxygen atoms in total. The third-order valence-electron chi connectivity index (χ3n) is 2.81. The lowest BCUT2D eigenvalue weighted by Crippen LogP contribution is -2.25. The Bertz CT molecular complexity index is 659. The van der Waals surface area contributed by atoms with Gasteiger partial charge in [-0.3, -0.25) is 19.9 Å². The Morgan fingerprint density at radius 3 is 2.62 bits per heavy atom. The van der Waals surface area contributed by atoms with Crippen LogP contribution in [0.25, 0.3) is 0 Å². The van der Waals surface area contributed by atoms with Crippen LogP contribution in [0, 0.1) is 10.1 Å². The first kappa shape index (κ1) is 15.1. The second-order valence-electron chi connectivity index (χ2n) is 4.32. The number of nitro groups is 1. The van der Waals surface area contributed by atoms with Crippen molar-refractivity contribution in [2.24, 2.45) is 0 Å². The number of carbonyl (C=O) groups is 1. The molecule has 1 amide bonds. The fourth-order valence-corrected chi connectivity index (χ4v) is 2.11. The van der Waals surface area contributed by atoms with Gasteiger partial charge in [0.2, 0.25) is 0 Å². The van der Waals surface area contributed by atoms with Crippen LogP contribution in [-0.4, -0.2) is 22.4 Å². The molecule has 0 bridgehead atoms. The molecule has 2 rings (SSSR count). The minimum absolute atomic E-state index is 0.0583. The van der Waals surface area contributed by atoms with Gasteiger partial charge in [0.25, 0.3) is 11.6 Å². The maximum absolute atomic E-state index is 11.9. The zero-order valence-corrected chi connectivity index (χ0v) is 12.5. The van der Waals surface area contributed by atoms with Gasteiger partial charge in [0.15, 0.2) is 0 Å². The van der Waals surface area contributed by atoms with Crippen LogP contribution in [0.5, 0.6) is 0 Å². The molecule has 0 aliphatic carbocycles. The van der Waals surface area contributed by atoms with Crippen molar-refractivity contribution in [2.75, 3.05) is 6.54 Å². The Hall–Kier alpha value is -2.28. The smallest absolute Gasteiger partial charge is 0.269 e. The Morgan fingerprint density at radius 1 is 1.29 bits per heavy atom. The van der Waals surface area contributed by atoms with E-state index in [9.17, 15) is 14.9 Å². The van der Waals surface area contributed by atoms with Crippen LogP contribution in [0.4, 0.5) is 5.69 Å². The number of halogens is 1. The highest BCUT2D eigenvalue weighted by Crippen LogP contribution is 2.12. The number of carbonyl (C=O) groups excluding carboxylic acids is 1. The van der Waals surface area contributed by atoms with Gasteiger partial charge in [-0.25, -0.2) is 0 Å². The number of hydrogen-bond acceptors (Lipinski definition) is 4. The lowest BCUT2D eigenvalue weighted by molar-refractivity contribution is -0.384. The van der Waals surface area contributed by atoms with Crippen LogP contribution < -0.4 is 5.32 Å². The van der Waals surface area contributed by atoms with E-state index >= 15 is 0 Å². The molecule has 0 aliphatic heterocycles. The van der Waals surface area contributed by atoms with Crippen LogP contribution >= 0.6 is 15.9 Å². The fourth-order valence-electron chi connectivity index (χ4n) is 1.74. The standard InChI is InChI=1S/C14H12BrN3O3/c15-12-7-11(8-16-9-12)14(19)17-6-5-10-1-3-13(4-2-10)18(20)21/h1-4,7-9H,5-6H2,(H,17,19). The molecule has 2 aromatic rings. The molecule has 108 valence electrons. The summed E-state index contributed by atoms with van der Waals surface area (Å²) in [7, 11) is 0. The van der Waals surface area contributed by atoms with E-state index in [2.05, 4.69) is 26.2 Å². The van der Waals surface area contributed by atoms with Crippen molar-refractivity contribution in [1.82, 2.24) is 10.3 Å². The third-order valence-corrected chi connectivity index (χ3v) is 3.25. The molecular formula is C14H12BrN3O3. The first-order valence-corrected chi connectivity index (χ1v) is 6.97. The normalized spacial score (nSPS) is 10.1. The number of amides is 1. The van der Waals surface area contributed by atoms with Gasteiger partial charge in [-0.05, 0) is 34.0 Å². The number of nitrogens with one attached hydrogen (secondary N) is 1. The van der Waals surface area contributed by atoms with Crippen molar-refractivity contribution >= 4 is 27.5 Å². The highest BCUT2D eigenvalue weighted by molar-refractivity contribution is 9.10. The van der Waals surface area contributed by atoms with Crippen molar-refractivity contribution in [3.8, 4) is 0 Å². The molecule has 7 heteroatoms. The summed E-state index contributed by atoms with van der Waals surface area (Å²) >= 11 is 3.26. The molecule has 1 aromatic heterocycles. The van der Waals surface area contributed by atoms with Crippen molar-refractivity contribution in [3.05, 3.63) is 68.4 Å². The number of pyridine rings is 1. The van der Waals surface area contributed by atoms with Crippen LogP contribution in [0.1, 0.15) is 15.9 Å². The van der Waals surface area contributed by atoms with Crippen molar-refractivity contribution in [3.63, 3.8) is 0 Å². The first-order valence-electron chi connectivity index (χ1n) is 6.18. The maximum atomic E-state index is 11.9. The predicted octanol–water partition coefficient (Wildman–Crippen LogP) is 2.72. The number of rotatable bonds is 5. The molecule has 1 heterocycles. The highest BCUT2D eigenvalue weighted by atomic mass is 79.9. The topological polar surface area (TPSA) is 85.1 Å². The van der Waals surface area contributed by atoms with Gasteiger partial charge < -0.3 is 5.32 Å². The molecule has 0 unspecified atom stereocenters. The molecule has 0 saturated carbocycles. The van der Waals surface area contributed by atoms with E-state index in [0.29, 0.717) is 18.5 Å². The van der Waals surface area contributed by atoms with Crippen molar-refractivity contribution in [2.45, 2.75) is 6.42 Å². The summed E-state index contributed by atoms with van der Waals surface area (Å²) in [5.41, 5.74) is 1.46. The van der Waals surface area contributed by atoms with Gasteiger partial charge in [-0.15, -0.1) is 0 Å². The Labute approximate surface area is 129 Å².